The highest BCUT2D eigenvalue weighted by molar-refractivity contribution is 5.50. The molecule has 1 heteroatoms. The second-order valence-electron chi connectivity index (χ2n) is 4.06. The average Bonchev–Trinajstić information content (AvgIpc) is 2.26. The van der Waals surface area contributed by atoms with Gasteiger partial charge >= 0.3 is 0 Å². The fraction of sp³-hybridized carbons (Fsp3) is 0.786. The first-order valence-electron chi connectivity index (χ1n) is 6.41. The third kappa shape index (κ3) is 13.4. The van der Waals surface area contributed by atoms with Crippen LogP contribution in [0, 0.1) is 0 Å². The fourth-order valence-corrected chi connectivity index (χ4v) is 1.56. The lowest BCUT2D eigenvalue weighted by Gasteiger charge is -1.95. The number of carbonyl (C=O) groups excluding carboxylic acids is 1. The summed E-state index contributed by atoms with van der Waals surface area (Å²) in [7, 11) is 0. The molecule has 1 nitrogen and oxygen atoms in total. The van der Waals surface area contributed by atoms with Crippen LogP contribution in [0.15, 0.2) is 12.2 Å². The summed E-state index contributed by atoms with van der Waals surface area (Å²) in [4.78, 5) is 9.93. The second-order valence-corrected chi connectivity index (χ2v) is 4.06. The molecule has 0 heterocycles. The van der Waals surface area contributed by atoms with Crippen molar-refractivity contribution in [2.24, 2.45) is 0 Å². The maximum absolute atomic E-state index is 9.93. The van der Waals surface area contributed by atoms with Gasteiger partial charge in [-0.1, -0.05) is 44.8 Å². The third-order valence-corrected chi connectivity index (χ3v) is 2.54. The molecule has 0 unspecified atom stereocenters. The quantitative estimate of drug-likeness (QED) is 0.360. The topological polar surface area (TPSA) is 17.1 Å². The van der Waals surface area contributed by atoms with Crippen molar-refractivity contribution in [1.82, 2.24) is 0 Å². The van der Waals surface area contributed by atoms with Crippen LogP contribution in [-0.2, 0) is 4.79 Å². The summed E-state index contributed by atoms with van der Waals surface area (Å²) < 4.78 is 0. The summed E-state index contributed by atoms with van der Waals surface area (Å²) in [6.45, 7) is 2.24. The largest absolute Gasteiger partial charge is 0.291 e. The Morgan fingerprint density at radius 3 is 2.00 bits per heavy atom. The Morgan fingerprint density at radius 2 is 1.47 bits per heavy atom. The van der Waals surface area contributed by atoms with Crippen LogP contribution in [-0.4, -0.2) is 6.29 Å². The van der Waals surface area contributed by atoms with Gasteiger partial charge in [-0.05, 0) is 32.1 Å². The Balaban J connectivity index is 3.00. The van der Waals surface area contributed by atoms with Crippen molar-refractivity contribution in [1.29, 1.82) is 0 Å². The zero-order valence-corrected chi connectivity index (χ0v) is 10.1. The van der Waals surface area contributed by atoms with Crippen LogP contribution < -0.4 is 0 Å². The highest BCUT2D eigenvalue weighted by Crippen LogP contribution is 2.05. The molecule has 0 saturated carbocycles. The molecule has 0 aliphatic rings. The highest BCUT2D eigenvalue weighted by Gasteiger charge is 1.87. The van der Waals surface area contributed by atoms with E-state index in [1.165, 1.54) is 44.9 Å². The van der Waals surface area contributed by atoms with Crippen molar-refractivity contribution < 1.29 is 4.79 Å². The van der Waals surface area contributed by atoms with Crippen molar-refractivity contribution in [3.63, 3.8) is 0 Å². The van der Waals surface area contributed by atoms with Gasteiger partial charge in [-0.25, -0.2) is 0 Å². The van der Waals surface area contributed by atoms with Crippen molar-refractivity contribution in [3.05, 3.63) is 12.2 Å². The summed E-state index contributed by atoms with van der Waals surface area (Å²) in [5, 5.41) is 0. The van der Waals surface area contributed by atoms with E-state index in [0.29, 0.717) is 6.42 Å². The molecule has 0 amide bonds. The molecule has 87 valence electrons. The zero-order valence-electron chi connectivity index (χ0n) is 10.1. The number of hydrogen-bond acceptors (Lipinski definition) is 1. The minimum Gasteiger partial charge on any atom is -0.291 e. The normalized spacial score (nSPS) is 11.0. The molecule has 0 aromatic rings. The molecule has 1 radical (unpaired) electrons. The molecule has 0 aliphatic carbocycles. The average molecular weight is 209 g/mol. The monoisotopic (exact) mass is 209 g/mol. The Morgan fingerprint density at radius 1 is 0.867 bits per heavy atom. The fourth-order valence-electron chi connectivity index (χ4n) is 1.56. The predicted octanol–water partition coefficient (Wildman–Crippen LogP) is 4.57. The maximum atomic E-state index is 9.93. The van der Waals surface area contributed by atoms with E-state index in [4.69, 9.17) is 0 Å². The molecule has 0 aromatic carbocycles. The number of allylic oxidation sites excluding steroid dienone is 2. The lowest BCUT2D eigenvalue weighted by Crippen LogP contribution is -1.78. The van der Waals surface area contributed by atoms with Gasteiger partial charge in [0.05, 0.1) is 0 Å². The van der Waals surface area contributed by atoms with Crippen molar-refractivity contribution in [3.8, 4) is 0 Å². The maximum Gasteiger partial charge on any atom is 0.198 e. The van der Waals surface area contributed by atoms with Gasteiger partial charge in [-0.3, -0.25) is 4.79 Å². The third-order valence-electron chi connectivity index (χ3n) is 2.54. The molecule has 0 N–H and O–H groups in total. The van der Waals surface area contributed by atoms with Crippen LogP contribution in [0.2, 0.25) is 0 Å². The van der Waals surface area contributed by atoms with Gasteiger partial charge in [0.25, 0.3) is 0 Å². The zero-order chi connectivity index (χ0) is 11.2. The molecule has 0 aromatic heterocycles. The van der Waals surface area contributed by atoms with Gasteiger partial charge in [-0.2, -0.15) is 0 Å². The Hall–Kier alpha value is -0.590. The van der Waals surface area contributed by atoms with Gasteiger partial charge in [-0.15, -0.1) is 0 Å². The van der Waals surface area contributed by atoms with Crippen molar-refractivity contribution in [2.75, 3.05) is 0 Å². The number of unbranched alkanes of at least 4 members (excludes halogenated alkanes) is 8. The van der Waals surface area contributed by atoms with Crippen molar-refractivity contribution >= 4 is 6.29 Å². The van der Waals surface area contributed by atoms with Gasteiger partial charge < -0.3 is 0 Å². The van der Waals surface area contributed by atoms with Crippen LogP contribution in [0.5, 0.6) is 0 Å². The Kier molecular flexibility index (Phi) is 12.9. The van der Waals surface area contributed by atoms with E-state index >= 15 is 0 Å². The summed E-state index contributed by atoms with van der Waals surface area (Å²) in [5.41, 5.74) is 0. The van der Waals surface area contributed by atoms with Crippen LogP contribution in [0.4, 0.5) is 0 Å². The summed E-state index contributed by atoms with van der Waals surface area (Å²) in [5.74, 6) is 0. The van der Waals surface area contributed by atoms with Gasteiger partial charge in [0, 0.05) is 6.42 Å². The SMILES string of the molecule is CCCCCC/C=C/CCCCC[C]=O. The van der Waals surface area contributed by atoms with E-state index in [-0.39, 0.29) is 0 Å². The summed E-state index contributed by atoms with van der Waals surface area (Å²) >= 11 is 0. The van der Waals surface area contributed by atoms with E-state index in [0.717, 1.165) is 12.8 Å². The van der Waals surface area contributed by atoms with E-state index in [2.05, 4.69) is 19.1 Å². The molecule has 0 spiro atoms. The predicted molar refractivity (Wildman–Crippen MR) is 66.7 cm³/mol. The standard InChI is InChI=1S/C14H25O/c1-2-3-4-5-6-7-8-9-10-11-12-13-14-15/h7-8H,2-6,9-13H2,1H3/b8-7+. The molecular formula is C14H25O. The van der Waals surface area contributed by atoms with E-state index < -0.39 is 0 Å². The number of rotatable bonds is 11. The molecular weight excluding hydrogens is 184 g/mol. The van der Waals surface area contributed by atoms with E-state index in [1.54, 1.807) is 0 Å². The molecule has 15 heavy (non-hydrogen) atoms. The minimum atomic E-state index is 0.612. The van der Waals surface area contributed by atoms with Crippen LogP contribution in [0.3, 0.4) is 0 Å². The smallest absolute Gasteiger partial charge is 0.198 e. The molecule has 0 fully saturated rings. The van der Waals surface area contributed by atoms with Crippen LogP contribution in [0.1, 0.15) is 71.1 Å². The van der Waals surface area contributed by atoms with Crippen molar-refractivity contribution in [2.45, 2.75) is 71.1 Å². The van der Waals surface area contributed by atoms with E-state index in [1.807, 2.05) is 6.29 Å². The highest BCUT2D eigenvalue weighted by atomic mass is 16.1. The molecule has 0 aliphatic heterocycles. The Labute approximate surface area is 95.0 Å². The van der Waals surface area contributed by atoms with E-state index in [9.17, 15) is 4.79 Å². The van der Waals surface area contributed by atoms with Gasteiger partial charge in [0.15, 0.2) is 6.29 Å². The first-order chi connectivity index (χ1) is 7.41. The number of hydrogen-bond donors (Lipinski definition) is 0. The summed E-state index contributed by atoms with van der Waals surface area (Å²) in [6.07, 6.45) is 18.3. The first kappa shape index (κ1) is 14.4. The molecule has 0 rings (SSSR count). The van der Waals surface area contributed by atoms with Crippen LogP contribution >= 0.6 is 0 Å². The van der Waals surface area contributed by atoms with Crippen LogP contribution in [0.25, 0.3) is 0 Å². The minimum absolute atomic E-state index is 0.612. The Bertz CT molecular complexity index is 149. The lowest BCUT2D eigenvalue weighted by atomic mass is 10.1. The summed E-state index contributed by atoms with van der Waals surface area (Å²) in [6, 6.07) is 0. The molecule has 0 saturated heterocycles. The molecule has 0 atom stereocenters. The van der Waals surface area contributed by atoms with Gasteiger partial charge in [0.1, 0.15) is 0 Å². The second kappa shape index (κ2) is 13.4. The first-order valence-corrected chi connectivity index (χ1v) is 6.41. The van der Waals surface area contributed by atoms with Gasteiger partial charge in [0.2, 0.25) is 0 Å². The lowest BCUT2D eigenvalue weighted by molar-refractivity contribution is 0.545. The molecule has 0 bridgehead atoms.